The smallest absolute Gasteiger partial charge is 0.260 e. The predicted octanol–water partition coefficient (Wildman–Crippen LogP) is 4.41. The van der Waals surface area contributed by atoms with E-state index in [0.29, 0.717) is 47.3 Å². The molecular formula is C22H24Cl2N2O3. The van der Waals surface area contributed by atoms with Gasteiger partial charge >= 0.3 is 0 Å². The second kappa shape index (κ2) is 9.51. The molecule has 0 atom stereocenters. The molecule has 29 heavy (non-hydrogen) atoms. The van der Waals surface area contributed by atoms with Gasteiger partial charge < -0.3 is 15.0 Å². The fourth-order valence-corrected chi connectivity index (χ4v) is 3.62. The zero-order valence-corrected chi connectivity index (χ0v) is 18.0. The van der Waals surface area contributed by atoms with Gasteiger partial charge in [0.25, 0.3) is 11.8 Å². The number of rotatable bonds is 5. The summed E-state index contributed by atoms with van der Waals surface area (Å²) in [7, 11) is 0. The number of likely N-dealkylation sites (tertiary alicyclic amines) is 1. The third-order valence-electron chi connectivity index (χ3n) is 5.20. The van der Waals surface area contributed by atoms with E-state index in [-0.39, 0.29) is 24.5 Å². The van der Waals surface area contributed by atoms with E-state index in [2.05, 4.69) is 5.32 Å². The normalized spacial score (nSPS) is 14.6. The Hall–Kier alpha value is -2.24. The third kappa shape index (κ3) is 5.64. The second-order valence-electron chi connectivity index (χ2n) is 7.29. The van der Waals surface area contributed by atoms with Gasteiger partial charge in [-0.05, 0) is 68.1 Å². The van der Waals surface area contributed by atoms with Crippen LogP contribution in [-0.2, 0) is 4.79 Å². The largest absolute Gasteiger partial charge is 0.484 e. The Morgan fingerprint density at radius 1 is 1.07 bits per heavy atom. The number of carbonyl (C=O) groups is 2. The molecule has 0 bridgehead atoms. The zero-order valence-electron chi connectivity index (χ0n) is 16.5. The average molecular weight is 435 g/mol. The van der Waals surface area contributed by atoms with Crippen molar-refractivity contribution in [3.8, 4) is 5.75 Å². The summed E-state index contributed by atoms with van der Waals surface area (Å²) in [5.74, 6) is 0.397. The predicted molar refractivity (Wildman–Crippen MR) is 115 cm³/mol. The number of carbonyl (C=O) groups excluding carboxylic acids is 2. The lowest BCUT2D eigenvalue weighted by atomic mass is 10.0. The summed E-state index contributed by atoms with van der Waals surface area (Å²) in [6.07, 6.45) is 1.36. The molecule has 0 saturated carbocycles. The van der Waals surface area contributed by atoms with Crippen LogP contribution in [0, 0.1) is 13.8 Å². The van der Waals surface area contributed by atoms with Gasteiger partial charge in [-0.25, -0.2) is 0 Å². The molecule has 1 fully saturated rings. The van der Waals surface area contributed by atoms with Crippen LogP contribution >= 0.6 is 23.2 Å². The Morgan fingerprint density at radius 2 is 1.79 bits per heavy atom. The lowest BCUT2D eigenvalue weighted by Gasteiger charge is -2.32. The molecule has 2 amide bonds. The number of hydrogen-bond acceptors (Lipinski definition) is 3. The first-order chi connectivity index (χ1) is 13.8. The molecule has 2 aromatic carbocycles. The molecule has 0 aromatic heterocycles. The first-order valence-corrected chi connectivity index (χ1v) is 10.3. The van der Waals surface area contributed by atoms with Crippen molar-refractivity contribution >= 4 is 35.0 Å². The number of benzene rings is 2. The molecule has 2 aromatic rings. The van der Waals surface area contributed by atoms with E-state index in [1.807, 2.05) is 32.0 Å². The highest BCUT2D eigenvalue weighted by Gasteiger charge is 2.25. The quantitative estimate of drug-likeness (QED) is 0.757. The number of aryl methyl sites for hydroxylation is 2. The minimum atomic E-state index is -0.250. The molecule has 1 saturated heterocycles. The summed E-state index contributed by atoms with van der Waals surface area (Å²) >= 11 is 12.0. The van der Waals surface area contributed by atoms with Crippen molar-refractivity contribution in [3.63, 3.8) is 0 Å². The number of nitrogens with zero attached hydrogens (tertiary/aromatic N) is 1. The molecule has 1 aliphatic heterocycles. The van der Waals surface area contributed by atoms with Gasteiger partial charge in [-0.1, -0.05) is 29.3 Å². The summed E-state index contributed by atoms with van der Waals surface area (Å²) in [5.41, 5.74) is 2.68. The fraction of sp³-hybridized carbons (Fsp3) is 0.364. The van der Waals surface area contributed by atoms with Gasteiger partial charge in [-0.3, -0.25) is 9.59 Å². The molecule has 1 aliphatic rings. The van der Waals surface area contributed by atoms with Gasteiger partial charge in [0, 0.05) is 24.2 Å². The van der Waals surface area contributed by atoms with Crippen LogP contribution in [0.4, 0.5) is 0 Å². The van der Waals surface area contributed by atoms with Gasteiger partial charge in [-0.15, -0.1) is 0 Å². The van der Waals surface area contributed by atoms with Crippen LogP contribution < -0.4 is 10.1 Å². The molecule has 5 nitrogen and oxygen atoms in total. The van der Waals surface area contributed by atoms with Crippen molar-refractivity contribution in [2.75, 3.05) is 19.7 Å². The minimum absolute atomic E-state index is 0.0116. The van der Waals surface area contributed by atoms with Crippen LogP contribution in [0.2, 0.25) is 10.0 Å². The van der Waals surface area contributed by atoms with E-state index in [9.17, 15) is 9.59 Å². The number of amides is 2. The Balaban J connectivity index is 1.47. The van der Waals surface area contributed by atoms with Crippen molar-refractivity contribution in [3.05, 3.63) is 63.1 Å². The SMILES string of the molecule is Cc1ccc(OCC(=O)N2CCC(NC(=O)c3cc(Cl)ccc3Cl)CC2)cc1C. The van der Waals surface area contributed by atoms with Crippen LogP contribution in [0.15, 0.2) is 36.4 Å². The van der Waals surface area contributed by atoms with Crippen LogP contribution in [0.3, 0.4) is 0 Å². The molecule has 1 N–H and O–H groups in total. The van der Waals surface area contributed by atoms with Gasteiger partial charge in [0.1, 0.15) is 5.75 Å². The lowest BCUT2D eigenvalue weighted by Crippen LogP contribution is -2.47. The Kier molecular flexibility index (Phi) is 7.04. The van der Waals surface area contributed by atoms with Crippen molar-refractivity contribution < 1.29 is 14.3 Å². The molecule has 0 spiro atoms. The van der Waals surface area contributed by atoms with E-state index < -0.39 is 0 Å². The molecule has 0 aliphatic carbocycles. The lowest BCUT2D eigenvalue weighted by molar-refractivity contribution is -0.134. The first kappa shape index (κ1) is 21.5. The van der Waals surface area contributed by atoms with Crippen molar-refractivity contribution in [1.82, 2.24) is 10.2 Å². The van der Waals surface area contributed by atoms with Crippen LogP contribution in [0.5, 0.6) is 5.75 Å². The van der Waals surface area contributed by atoms with E-state index >= 15 is 0 Å². The Bertz CT molecular complexity index is 909. The number of hydrogen-bond donors (Lipinski definition) is 1. The maximum atomic E-state index is 12.5. The van der Waals surface area contributed by atoms with Crippen LogP contribution in [-0.4, -0.2) is 42.5 Å². The highest BCUT2D eigenvalue weighted by Crippen LogP contribution is 2.21. The monoisotopic (exact) mass is 434 g/mol. The molecule has 1 heterocycles. The number of halogens is 2. The first-order valence-electron chi connectivity index (χ1n) is 9.57. The third-order valence-corrected chi connectivity index (χ3v) is 5.76. The summed E-state index contributed by atoms with van der Waals surface area (Å²) in [6, 6.07) is 10.6. The highest BCUT2D eigenvalue weighted by molar-refractivity contribution is 6.35. The summed E-state index contributed by atoms with van der Waals surface area (Å²) in [6.45, 7) is 5.21. The summed E-state index contributed by atoms with van der Waals surface area (Å²) in [5, 5.41) is 3.81. The average Bonchev–Trinajstić information content (AvgIpc) is 2.71. The standard InChI is InChI=1S/C22H24Cl2N2O3/c1-14-3-5-18(11-15(14)2)29-13-21(27)26-9-7-17(8-10-26)25-22(28)19-12-16(23)4-6-20(19)24/h3-6,11-12,17H,7-10,13H2,1-2H3,(H,25,28). The van der Waals surface area contributed by atoms with Gasteiger partial charge in [-0.2, -0.15) is 0 Å². The summed E-state index contributed by atoms with van der Waals surface area (Å²) < 4.78 is 5.64. The van der Waals surface area contributed by atoms with Crippen molar-refractivity contribution in [2.24, 2.45) is 0 Å². The van der Waals surface area contributed by atoms with E-state index in [0.717, 1.165) is 5.56 Å². The number of piperidine rings is 1. The van der Waals surface area contributed by atoms with E-state index in [4.69, 9.17) is 27.9 Å². The summed E-state index contributed by atoms with van der Waals surface area (Å²) in [4.78, 5) is 26.7. The molecule has 0 radical (unpaired) electrons. The molecule has 0 unspecified atom stereocenters. The van der Waals surface area contributed by atoms with Crippen LogP contribution in [0.1, 0.15) is 34.3 Å². The molecule has 154 valence electrons. The van der Waals surface area contributed by atoms with Gasteiger partial charge in [0.15, 0.2) is 6.61 Å². The number of nitrogens with one attached hydrogen (secondary N) is 1. The van der Waals surface area contributed by atoms with Gasteiger partial charge in [0.05, 0.1) is 10.6 Å². The van der Waals surface area contributed by atoms with E-state index in [1.54, 1.807) is 23.1 Å². The molecule has 7 heteroatoms. The highest BCUT2D eigenvalue weighted by atomic mass is 35.5. The van der Waals surface area contributed by atoms with Crippen molar-refractivity contribution in [1.29, 1.82) is 0 Å². The minimum Gasteiger partial charge on any atom is -0.484 e. The maximum absolute atomic E-state index is 12.5. The van der Waals surface area contributed by atoms with E-state index in [1.165, 1.54) is 5.56 Å². The van der Waals surface area contributed by atoms with Crippen molar-refractivity contribution in [2.45, 2.75) is 32.7 Å². The van der Waals surface area contributed by atoms with Gasteiger partial charge in [0.2, 0.25) is 0 Å². The molecule has 3 rings (SSSR count). The van der Waals surface area contributed by atoms with Crippen LogP contribution in [0.25, 0.3) is 0 Å². The Labute approximate surface area is 180 Å². The number of ether oxygens (including phenoxy) is 1. The maximum Gasteiger partial charge on any atom is 0.260 e. The zero-order chi connectivity index (χ0) is 21.0. The second-order valence-corrected chi connectivity index (χ2v) is 8.13. The fourth-order valence-electron chi connectivity index (χ4n) is 3.25. The topological polar surface area (TPSA) is 58.6 Å². The molecular weight excluding hydrogens is 411 g/mol. The Morgan fingerprint density at radius 3 is 2.48 bits per heavy atom.